The Kier molecular flexibility index (Phi) is 2.94. The molecule has 0 heterocycles. The highest BCUT2D eigenvalue weighted by Crippen LogP contribution is 2.59. The van der Waals surface area contributed by atoms with Gasteiger partial charge in [0.2, 0.25) is 0 Å². The zero-order valence-electron chi connectivity index (χ0n) is 11.7. The molecule has 1 heteroatoms. The average molecular weight is 247 g/mol. The maximum Gasteiger partial charge on any atom is -0.00489 e. The molecule has 0 spiro atoms. The van der Waals surface area contributed by atoms with Crippen LogP contribution in [0.25, 0.3) is 0 Å². The third-order valence-corrected chi connectivity index (χ3v) is 7.07. The van der Waals surface area contributed by atoms with E-state index in [1.807, 2.05) is 0 Å². The van der Waals surface area contributed by atoms with Crippen molar-refractivity contribution in [1.82, 2.24) is 0 Å². The lowest BCUT2D eigenvalue weighted by atomic mass is 9.48. The van der Waals surface area contributed by atoms with Gasteiger partial charge >= 0.3 is 0 Å². The predicted octanol–water partition coefficient (Wildman–Crippen LogP) is 3.82. The predicted molar refractivity (Wildman–Crippen MR) is 75.0 cm³/mol. The zero-order chi connectivity index (χ0) is 12.1. The highest BCUT2D eigenvalue weighted by Gasteiger charge is 2.50. The smallest absolute Gasteiger partial charge is 0.00489 e. The van der Waals surface area contributed by atoms with Gasteiger partial charge in [0.15, 0.2) is 0 Å². The zero-order valence-corrected chi connectivity index (χ0v) is 11.7. The molecule has 1 nitrogen and oxygen atoms in total. The Hall–Kier alpha value is -0.0400. The van der Waals surface area contributed by atoms with Gasteiger partial charge in [-0.2, -0.15) is 0 Å². The molecule has 102 valence electrons. The maximum absolute atomic E-state index is 5.84. The Morgan fingerprint density at radius 3 is 1.72 bits per heavy atom. The van der Waals surface area contributed by atoms with Crippen LogP contribution in [0.1, 0.15) is 57.8 Å². The third-order valence-electron chi connectivity index (χ3n) is 7.07. The number of hydrogen-bond donors (Lipinski definition) is 1. The van der Waals surface area contributed by atoms with E-state index in [0.717, 1.165) is 48.0 Å². The fraction of sp³-hybridized carbons (Fsp3) is 1.00. The third kappa shape index (κ3) is 1.85. The van der Waals surface area contributed by atoms with Gasteiger partial charge in [-0.05, 0) is 106 Å². The van der Waals surface area contributed by atoms with Crippen molar-refractivity contribution in [3.8, 4) is 0 Å². The molecule has 0 aromatic heterocycles. The van der Waals surface area contributed by atoms with Crippen molar-refractivity contribution in [1.29, 1.82) is 0 Å². The second kappa shape index (κ2) is 4.51. The monoisotopic (exact) mass is 247 g/mol. The summed E-state index contributed by atoms with van der Waals surface area (Å²) in [6.07, 6.45) is 13.9. The lowest BCUT2D eigenvalue weighted by Gasteiger charge is -2.57. The molecule has 2 N–H and O–H groups in total. The van der Waals surface area contributed by atoms with E-state index in [1.165, 1.54) is 25.7 Å². The van der Waals surface area contributed by atoms with Crippen LogP contribution in [0.3, 0.4) is 0 Å². The number of hydrogen-bond acceptors (Lipinski definition) is 1. The van der Waals surface area contributed by atoms with Crippen LogP contribution in [0.2, 0.25) is 0 Å². The van der Waals surface area contributed by atoms with Crippen molar-refractivity contribution in [3.63, 3.8) is 0 Å². The summed E-state index contributed by atoms with van der Waals surface area (Å²) in [7, 11) is 0. The Bertz CT molecular complexity index is 275. The Labute approximate surface area is 112 Å². The summed E-state index contributed by atoms with van der Waals surface area (Å²) in [5.41, 5.74) is 5.84. The second-order valence-electron chi connectivity index (χ2n) is 8.02. The van der Waals surface area contributed by atoms with Crippen LogP contribution in [0.15, 0.2) is 0 Å². The molecule has 0 aliphatic heterocycles. The Balaban J connectivity index is 1.46. The van der Waals surface area contributed by atoms with Crippen LogP contribution in [0.5, 0.6) is 0 Å². The van der Waals surface area contributed by atoms with E-state index < -0.39 is 0 Å². The van der Waals surface area contributed by atoms with Crippen LogP contribution < -0.4 is 5.73 Å². The van der Waals surface area contributed by atoms with E-state index in [2.05, 4.69) is 0 Å². The van der Waals surface area contributed by atoms with Gasteiger partial charge in [0.05, 0.1) is 0 Å². The number of nitrogens with two attached hydrogens (primary N) is 1. The maximum atomic E-state index is 5.84. The molecular formula is C17H29N. The molecule has 0 amide bonds. The van der Waals surface area contributed by atoms with Gasteiger partial charge in [-0.3, -0.25) is 0 Å². The summed E-state index contributed by atoms with van der Waals surface area (Å²) in [4.78, 5) is 0. The molecule has 0 unspecified atom stereocenters. The van der Waals surface area contributed by atoms with Crippen LogP contribution in [-0.4, -0.2) is 6.54 Å². The first-order valence-corrected chi connectivity index (χ1v) is 8.53. The molecule has 4 bridgehead atoms. The molecular weight excluding hydrogens is 218 g/mol. The van der Waals surface area contributed by atoms with E-state index in [9.17, 15) is 0 Å². The molecule has 5 saturated carbocycles. The van der Waals surface area contributed by atoms with Gasteiger partial charge in [0.25, 0.3) is 0 Å². The van der Waals surface area contributed by atoms with Crippen LogP contribution in [-0.2, 0) is 0 Å². The summed E-state index contributed by atoms with van der Waals surface area (Å²) in [5.74, 6) is 7.65. The highest BCUT2D eigenvalue weighted by molar-refractivity contribution is 5.00. The first kappa shape index (κ1) is 11.8. The molecule has 0 atom stereocenters. The van der Waals surface area contributed by atoms with Gasteiger partial charge in [-0.25, -0.2) is 0 Å². The van der Waals surface area contributed by atoms with E-state index >= 15 is 0 Å². The van der Waals surface area contributed by atoms with Crippen LogP contribution in [0.4, 0.5) is 0 Å². The van der Waals surface area contributed by atoms with Crippen molar-refractivity contribution in [3.05, 3.63) is 0 Å². The normalized spacial score (nSPS) is 54.8. The largest absolute Gasteiger partial charge is 0.330 e. The standard InChI is InChI=1S/C17H29N/c18-10-11-1-3-14(4-2-11)17-15-6-12-5-13(8-15)9-16(17)7-12/h11-17H,1-10,18H2. The van der Waals surface area contributed by atoms with E-state index in [-0.39, 0.29) is 0 Å². The number of rotatable bonds is 2. The Morgan fingerprint density at radius 1 is 0.667 bits per heavy atom. The molecule has 5 rings (SSSR count). The minimum absolute atomic E-state index is 0.859. The lowest BCUT2D eigenvalue weighted by Crippen LogP contribution is -2.48. The molecule has 0 aromatic carbocycles. The summed E-state index contributed by atoms with van der Waals surface area (Å²) in [5, 5.41) is 0. The van der Waals surface area contributed by atoms with E-state index in [0.29, 0.717) is 0 Å². The molecule has 0 radical (unpaired) electrons. The van der Waals surface area contributed by atoms with Gasteiger partial charge in [-0.1, -0.05) is 0 Å². The summed E-state index contributed by atoms with van der Waals surface area (Å²) in [6.45, 7) is 0.939. The molecule has 5 aliphatic carbocycles. The van der Waals surface area contributed by atoms with Crippen molar-refractivity contribution in [2.24, 2.45) is 47.2 Å². The quantitative estimate of drug-likeness (QED) is 0.788. The lowest BCUT2D eigenvalue weighted by molar-refractivity contribution is -0.0700. The minimum Gasteiger partial charge on any atom is -0.330 e. The van der Waals surface area contributed by atoms with Crippen LogP contribution >= 0.6 is 0 Å². The molecule has 0 aromatic rings. The average Bonchev–Trinajstić information content (AvgIpc) is 2.38. The van der Waals surface area contributed by atoms with Crippen molar-refractivity contribution in [2.45, 2.75) is 57.8 Å². The highest BCUT2D eigenvalue weighted by atomic mass is 14.6. The summed E-state index contributed by atoms with van der Waals surface area (Å²) in [6, 6.07) is 0. The summed E-state index contributed by atoms with van der Waals surface area (Å²) >= 11 is 0. The first-order chi connectivity index (χ1) is 8.83. The fourth-order valence-corrected chi connectivity index (χ4v) is 6.55. The second-order valence-corrected chi connectivity index (χ2v) is 8.02. The van der Waals surface area contributed by atoms with Crippen molar-refractivity contribution >= 4 is 0 Å². The molecule has 5 fully saturated rings. The minimum atomic E-state index is 0.859. The van der Waals surface area contributed by atoms with Crippen molar-refractivity contribution in [2.75, 3.05) is 6.54 Å². The van der Waals surface area contributed by atoms with Crippen LogP contribution in [0, 0.1) is 41.4 Å². The SMILES string of the molecule is NCC1CCC(C2C3CC4CC(C3)CC2C4)CC1. The van der Waals surface area contributed by atoms with E-state index in [4.69, 9.17) is 5.73 Å². The summed E-state index contributed by atoms with van der Waals surface area (Å²) < 4.78 is 0. The first-order valence-electron chi connectivity index (χ1n) is 8.53. The Morgan fingerprint density at radius 2 is 1.22 bits per heavy atom. The van der Waals surface area contributed by atoms with Gasteiger partial charge in [0, 0.05) is 0 Å². The molecule has 18 heavy (non-hydrogen) atoms. The molecule has 0 saturated heterocycles. The van der Waals surface area contributed by atoms with Crippen molar-refractivity contribution < 1.29 is 0 Å². The topological polar surface area (TPSA) is 26.0 Å². The van der Waals surface area contributed by atoms with Gasteiger partial charge in [-0.15, -0.1) is 0 Å². The van der Waals surface area contributed by atoms with E-state index in [1.54, 1.807) is 32.1 Å². The molecule has 5 aliphatic rings. The van der Waals surface area contributed by atoms with Gasteiger partial charge in [0.1, 0.15) is 0 Å². The van der Waals surface area contributed by atoms with Gasteiger partial charge < -0.3 is 5.73 Å². The fourth-order valence-electron chi connectivity index (χ4n) is 6.55.